The number of hydrogen-bond donors (Lipinski definition) is 0. The first kappa shape index (κ1) is 8.23. The van der Waals surface area contributed by atoms with Gasteiger partial charge in [0.1, 0.15) is 0 Å². The molecular formula is C8H14N2OS. The first-order valence-electron chi connectivity index (χ1n) is 4.49. The Morgan fingerprint density at radius 1 is 1.08 bits per heavy atom. The highest BCUT2D eigenvalue weighted by atomic mass is 32.2. The molecule has 0 bridgehead atoms. The Morgan fingerprint density at radius 2 is 1.83 bits per heavy atom. The van der Waals surface area contributed by atoms with Crippen molar-refractivity contribution in [2.45, 2.75) is 12.8 Å². The molecule has 2 fully saturated rings. The number of thioether (sulfide) groups is 1. The van der Waals surface area contributed by atoms with Crippen LogP contribution in [0.5, 0.6) is 0 Å². The van der Waals surface area contributed by atoms with E-state index < -0.39 is 0 Å². The Labute approximate surface area is 77.1 Å². The zero-order chi connectivity index (χ0) is 8.39. The third-order valence-corrected chi connectivity index (χ3v) is 3.37. The lowest BCUT2D eigenvalue weighted by Crippen LogP contribution is -2.39. The highest BCUT2D eigenvalue weighted by molar-refractivity contribution is 7.99. The molecule has 2 heterocycles. The van der Waals surface area contributed by atoms with Gasteiger partial charge in [-0.25, -0.2) is 4.79 Å². The highest BCUT2D eigenvalue weighted by Crippen LogP contribution is 2.17. The number of carbonyl (C=O) groups is 1. The molecule has 0 radical (unpaired) electrons. The molecule has 2 amide bonds. The molecule has 4 heteroatoms. The summed E-state index contributed by atoms with van der Waals surface area (Å²) >= 11 is 1.85. The Hall–Kier alpha value is -0.380. The van der Waals surface area contributed by atoms with Crippen LogP contribution in [-0.4, -0.2) is 47.1 Å². The van der Waals surface area contributed by atoms with E-state index >= 15 is 0 Å². The maximum absolute atomic E-state index is 11.7. The molecule has 0 saturated carbocycles. The van der Waals surface area contributed by atoms with Crippen molar-refractivity contribution in [1.29, 1.82) is 0 Å². The third kappa shape index (κ3) is 1.53. The number of hydrogen-bond acceptors (Lipinski definition) is 2. The fraction of sp³-hybridized carbons (Fsp3) is 0.875. The summed E-state index contributed by atoms with van der Waals surface area (Å²) in [5, 5.41) is 0. The predicted octanol–water partition coefficient (Wildman–Crippen LogP) is 1.21. The van der Waals surface area contributed by atoms with Gasteiger partial charge in [-0.05, 0) is 12.8 Å². The summed E-state index contributed by atoms with van der Waals surface area (Å²) in [6, 6.07) is 0.262. The predicted molar refractivity (Wildman–Crippen MR) is 50.2 cm³/mol. The lowest BCUT2D eigenvalue weighted by atomic mass is 10.4. The monoisotopic (exact) mass is 186 g/mol. The fourth-order valence-corrected chi connectivity index (χ4v) is 2.61. The second-order valence-electron chi connectivity index (χ2n) is 3.28. The van der Waals surface area contributed by atoms with Crippen molar-refractivity contribution in [3.05, 3.63) is 0 Å². The molecule has 0 aromatic rings. The van der Waals surface area contributed by atoms with Crippen LogP contribution in [0, 0.1) is 0 Å². The maximum Gasteiger partial charge on any atom is 0.320 e. The van der Waals surface area contributed by atoms with Crippen LogP contribution in [-0.2, 0) is 0 Å². The molecule has 0 aliphatic carbocycles. The molecule has 2 saturated heterocycles. The van der Waals surface area contributed by atoms with E-state index in [9.17, 15) is 4.79 Å². The average Bonchev–Trinajstić information content (AvgIpc) is 2.77. The van der Waals surface area contributed by atoms with Gasteiger partial charge >= 0.3 is 6.03 Å². The minimum atomic E-state index is 0.262. The van der Waals surface area contributed by atoms with Crippen LogP contribution in [0.15, 0.2) is 0 Å². The van der Waals surface area contributed by atoms with Crippen LogP contribution >= 0.6 is 11.8 Å². The summed E-state index contributed by atoms with van der Waals surface area (Å²) in [5.74, 6) is 2.01. The van der Waals surface area contributed by atoms with Crippen LogP contribution in [0.25, 0.3) is 0 Å². The molecule has 0 aromatic heterocycles. The Kier molecular flexibility index (Phi) is 2.44. The zero-order valence-electron chi connectivity index (χ0n) is 7.16. The van der Waals surface area contributed by atoms with Gasteiger partial charge in [0.2, 0.25) is 0 Å². The van der Waals surface area contributed by atoms with E-state index in [-0.39, 0.29) is 6.03 Å². The van der Waals surface area contributed by atoms with Crippen molar-refractivity contribution in [2.24, 2.45) is 0 Å². The van der Waals surface area contributed by atoms with Gasteiger partial charge in [0.05, 0.1) is 5.88 Å². The summed E-state index contributed by atoms with van der Waals surface area (Å²) in [5.41, 5.74) is 0. The van der Waals surface area contributed by atoms with Crippen LogP contribution in [0.3, 0.4) is 0 Å². The first-order valence-corrected chi connectivity index (χ1v) is 5.65. The molecule has 2 rings (SSSR count). The van der Waals surface area contributed by atoms with E-state index in [0.717, 1.165) is 31.3 Å². The Bertz CT molecular complexity index is 156. The van der Waals surface area contributed by atoms with Gasteiger partial charge in [-0.1, -0.05) is 0 Å². The van der Waals surface area contributed by atoms with E-state index in [1.54, 1.807) is 0 Å². The molecule has 0 atom stereocenters. The van der Waals surface area contributed by atoms with Gasteiger partial charge < -0.3 is 9.80 Å². The minimum Gasteiger partial charge on any atom is -0.325 e. The first-order chi connectivity index (χ1) is 5.88. The number of carbonyl (C=O) groups excluding carboxylic acids is 1. The highest BCUT2D eigenvalue weighted by Gasteiger charge is 2.25. The maximum atomic E-state index is 11.7. The Morgan fingerprint density at radius 3 is 2.42 bits per heavy atom. The fourth-order valence-electron chi connectivity index (χ4n) is 1.67. The van der Waals surface area contributed by atoms with Gasteiger partial charge in [0, 0.05) is 25.4 Å². The summed E-state index contributed by atoms with van der Waals surface area (Å²) in [6.45, 7) is 2.89. The third-order valence-electron chi connectivity index (χ3n) is 2.40. The van der Waals surface area contributed by atoms with Gasteiger partial charge in [-0.15, -0.1) is 11.8 Å². The van der Waals surface area contributed by atoms with Crippen molar-refractivity contribution in [2.75, 3.05) is 31.3 Å². The van der Waals surface area contributed by atoms with E-state index in [2.05, 4.69) is 0 Å². The minimum absolute atomic E-state index is 0.262. The molecule has 2 aliphatic heterocycles. The van der Waals surface area contributed by atoms with Crippen molar-refractivity contribution >= 4 is 17.8 Å². The lowest BCUT2D eigenvalue weighted by Gasteiger charge is -2.22. The van der Waals surface area contributed by atoms with Crippen LogP contribution in [0.1, 0.15) is 12.8 Å². The molecule has 2 aliphatic rings. The van der Waals surface area contributed by atoms with Gasteiger partial charge in [-0.2, -0.15) is 0 Å². The molecule has 0 N–H and O–H groups in total. The number of amides is 2. The normalized spacial score (nSPS) is 23.7. The van der Waals surface area contributed by atoms with E-state index in [4.69, 9.17) is 0 Å². The number of nitrogens with zero attached hydrogens (tertiary/aromatic N) is 2. The molecule has 0 unspecified atom stereocenters. The van der Waals surface area contributed by atoms with Crippen molar-refractivity contribution in [1.82, 2.24) is 9.80 Å². The second-order valence-corrected chi connectivity index (χ2v) is 4.35. The van der Waals surface area contributed by atoms with Gasteiger partial charge in [-0.3, -0.25) is 0 Å². The summed E-state index contributed by atoms with van der Waals surface area (Å²) in [7, 11) is 0. The van der Waals surface area contributed by atoms with Crippen molar-refractivity contribution in [3.8, 4) is 0 Å². The number of likely N-dealkylation sites (tertiary alicyclic amines) is 1. The molecule has 3 nitrogen and oxygen atoms in total. The largest absolute Gasteiger partial charge is 0.325 e. The van der Waals surface area contributed by atoms with Crippen molar-refractivity contribution in [3.63, 3.8) is 0 Å². The summed E-state index contributed by atoms with van der Waals surface area (Å²) in [4.78, 5) is 15.6. The SMILES string of the molecule is O=C(N1CCCC1)N1CCSC1. The van der Waals surface area contributed by atoms with Crippen LogP contribution < -0.4 is 0 Å². The standard InChI is InChI=1S/C8H14N2OS/c11-8(9-3-1-2-4-9)10-5-6-12-7-10/h1-7H2. The molecular weight excluding hydrogens is 172 g/mol. The number of urea groups is 1. The molecule has 0 spiro atoms. The molecule has 0 aromatic carbocycles. The van der Waals surface area contributed by atoms with Crippen LogP contribution in [0.2, 0.25) is 0 Å². The summed E-state index contributed by atoms with van der Waals surface area (Å²) < 4.78 is 0. The van der Waals surface area contributed by atoms with E-state index in [0.29, 0.717) is 0 Å². The van der Waals surface area contributed by atoms with E-state index in [1.165, 1.54) is 12.8 Å². The Balaban J connectivity index is 1.89. The van der Waals surface area contributed by atoms with E-state index in [1.807, 2.05) is 21.6 Å². The lowest BCUT2D eigenvalue weighted by molar-refractivity contribution is 0.175. The van der Waals surface area contributed by atoms with Gasteiger partial charge in [0.15, 0.2) is 0 Å². The topological polar surface area (TPSA) is 23.6 Å². The average molecular weight is 186 g/mol. The molecule has 12 heavy (non-hydrogen) atoms. The number of rotatable bonds is 0. The summed E-state index contributed by atoms with van der Waals surface area (Å²) in [6.07, 6.45) is 2.37. The second kappa shape index (κ2) is 3.56. The zero-order valence-corrected chi connectivity index (χ0v) is 7.98. The quantitative estimate of drug-likeness (QED) is 0.567. The molecule has 68 valence electrons. The van der Waals surface area contributed by atoms with Crippen molar-refractivity contribution < 1.29 is 4.79 Å². The smallest absolute Gasteiger partial charge is 0.320 e. The van der Waals surface area contributed by atoms with Crippen LogP contribution in [0.4, 0.5) is 4.79 Å². The van der Waals surface area contributed by atoms with Gasteiger partial charge in [0.25, 0.3) is 0 Å².